The van der Waals surface area contributed by atoms with Crippen LogP contribution in [0.2, 0.25) is 0 Å². The van der Waals surface area contributed by atoms with Gasteiger partial charge in [0, 0.05) is 13.6 Å². The predicted octanol–water partition coefficient (Wildman–Crippen LogP) is -0.820. The van der Waals surface area contributed by atoms with Crippen LogP contribution < -0.4 is 5.32 Å². The van der Waals surface area contributed by atoms with Gasteiger partial charge < -0.3 is 5.32 Å². The van der Waals surface area contributed by atoms with Crippen LogP contribution in [0.5, 0.6) is 0 Å². The van der Waals surface area contributed by atoms with E-state index in [-0.39, 0.29) is 12.5 Å². The van der Waals surface area contributed by atoms with Crippen molar-refractivity contribution in [2.24, 2.45) is 0 Å². The van der Waals surface area contributed by atoms with E-state index in [1.165, 1.54) is 13.1 Å². The summed E-state index contributed by atoms with van der Waals surface area (Å²) in [6.07, 6.45) is 2.58. The number of nitrogens with zero attached hydrogens (tertiary/aromatic N) is 1. The third-order valence-electron chi connectivity index (χ3n) is 1.38. The summed E-state index contributed by atoms with van der Waals surface area (Å²) in [5, 5.41) is 2.47. The van der Waals surface area contributed by atoms with E-state index in [0.717, 1.165) is 10.6 Å². The molecule has 0 spiro atoms. The molecular formula is C7H14N2O3S. The molecule has 0 saturated carbocycles. The van der Waals surface area contributed by atoms with Gasteiger partial charge in [0.2, 0.25) is 15.9 Å². The largest absolute Gasteiger partial charge is 0.351 e. The van der Waals surface area contributed by atoms with Gasteiger partial charge in [0.15, 0.2) is 0 Å². The SMILES string of the molecule is C=CCNC(=O)CN(C)S(C)(=O)=O. The van der Waals surface area contributed by atoms with E-state index < -0.39 is 10.0 Å². The highest BCUT2D eigenvalue weighted by molar-refractivity contribution is 7.88. The first-order chi connectivity index (χ1) is 5.88. The van der Waals surface area contributed by atoms with Crippen LogP contribution in [-0.4, -0.2) is 45.0 Å². The van der Waals surface area contributed by atoms with Gasteiger partial charge in [0.05, 0.1) is 12.8 Å². The molecule has 0 bridgehead atoms. The van der Waals surface area contributed by atoms with Crippen LogP contribution in [0.25, 0.3) is 0 Å². The fourth-order valence-electron chi connectivity index (χ4n) is 0.561. The lowest BCUT2D eigenvalue weighted by atomic mass is 10.5. The molecule has 0 aromatic rings. The first kappa shape index (κ1) is 12.1. The maximum absolute atomic E-state index is 11.0. The van der Waals surface area contributed by atoms with Crippen molar-refractivity contribution in [1.29, 1.82) is 0 Å². The van der Waals surface area contributed by atoms with Crippen molar-refractivity contribution >= 4 is 15.9 Å². The minimum atomic E-state index is -3.28. The van der Waals surface area contributed by atoms with Gasteiger partial charge in [0.25, 0.3) is 0 Å². The third kappa shape index (κ3) is 5.37. The van der Waals surface area contributed by atoms with Crippen LogP contribution in [0.4, 0.5) is 0 Å². The van der Waals surface area contributed by atoms with Crippen LogP contribution in [0.15, 0.2) is 12.7 Å². The number of rotatable bonds is 5. The lowest BCUT2D eigenvalue weighted by molar-refractivity contribution is -0.120. The molecule has 0 aliphatic carbocycles. The summed E-state index contributed by atoms with van der Waals surface area (Å²) in [6, 6.07) is 0. The van der Waals surface area contributed by atoms with Crippen molar-refractivity contribution in [2.45, 2.75) is 0 Å². The number of likely N-dealkylation sites (N-methyl/N-ethyl adjacent to an activating group) is 1. The Bertz CT molecular complexity index is 284. The first-order valence-electron chi connectivity index (χ1n) is 3.67. The molecule has 0 aromatic carbocycles. The molecule has 0 rings (SSSR count). The van der Waals surface area contributed by atoms with Gasteiger partial charge in [-0.2, -0.15) is 4.31 Å². The minimum absolute atomic E-state index is 0.160. The maximum Gasteiger partial charge on any atom is 0.235 e. The summed E-state index contributed by atoms with van der Waals surface area (Å²) in [5.41, 5.74) is 0. The average Bonchev–Trinajstić information content (AvgIpc) is 1.99. The molecule has 0 aliphatic heterocycles. The van der Waals surface area contributed by atoms with E-state index in [9.17, 15) is 13.2 Å². The number of nitrogens with one attached hydrogen (secondary N) is 1. The summed E-state index contributed by atoms with van der Waals surface area (Å²) in [5.74, 6) is -0.340. The molecule has 0 radical (unpaired) electrons. The molecule has 6 heteroatoms. The van der Waals surface area contributed by atoms with Crippen LogP contribution in [0, 0.1) is 0 Å². The number of amides is 1. The van der Waals surface area contributed by atoms with Crippen LogP contribution in [-0.2, 0) is 14.8 Å². The normalized spacial score (nSPS) is 11.3. The summed E-state index contributed by atoms with van der Waals surface area (Å²) in [6.45, 7) is 3.60. The Labute approximate surface area is 78.5 Å². The fourth-order valence-corrected chi connectivity index (χ4v) is 0.913. The minimum Gasteiger partial charge on any atom is -0.351 e. The fraction of sp³-hybridized carbons (Fsp3) is 0.571. The lowest BCUT2D eigenvalue weighted by Crippen LogP contribution is -2.37. The average molecular weight is 206 g/mol. The molecular weight excluding hydrogens is 192 g/mol. The second kappa shape index (κ2) is 4.98. The van der Waals surface area contributed by atoms with E-state index >= 15 is 0 Å². The Hall–Kier alpha value is -0.880. The summed E-state index contributed by atoms with van der Waals surface area (Å²) in [7, 11) is -1.93. The molecule has 1 N–H and O–H groups in total. The van der Waals surface area contributed by atoms with Crippen molar-refractivity contribution < 1.29 is 13.2 Å². The lowest BCUT2D eigenvalue weighted by Gasteiger charge is -2.12. The van der Waals surface area contributed by atoms with Crippen molar-refractivity contribution in [3.63, 3.8) is 0 Å². The molecule has 0 aromatic heterocycles. The monoisotopic (exact) mass is 206 g/mol. The second-order valence-electron chi connectivity index (χ2n) is 2.61. The molecule has 0 saturated heterocycles. The van der Waals surface area contributed by atoms with E-state index in [1.54, 1.807) is 0 Å². The zero-order chi connectivity index (χ0) is 10.5. The van der Waals surface area contributed by atoms with Crippen LogP contribution in [0.1, 0.15) is 0 Å². The van der Waals surface area contributed by atoms with Gasteiger partial charge in [-0.05, 0) is 0 Å². The van der Waals surface area contributed by atoms with Crippen molar-refractivity contribution in [1.82, 2.24) is 9.62 Å². The predicted molar refractivity (Wildman–Crippen MR) is 50.7 cm³/mol. The molecule has 0 heterocycles. The highest BCUT2D eigenvalue weighted by Crippen LogP contribution is 1.90. The van der Waals surface area contributed by atoms with Gasteiger partial charge in [-0.3, -0.25) is 4.79 Å². The van der Waals surface area contributed by atoms with Crippen molar-refractivity contribution in [3.05, 3.63) is 12.7 Å². The molecule has 0 unspecified atom stereocenters. The van der Waals surface area contributed by atoms with Gasteiger partial charge >= 0.3 is 0 Å². The Morgan fingerprint density at radius 3 is 2.54 bits per heavy atom. The smallest absolute Gasteiger partial charge is 0.235 e. The van der Waals surface area contributed by atoms with E-state index in [2.05, 4.69) is 11.9 Å². The topological polar surface area (TPSA) is 66.5 Å². The van der Waals surface area contributed by atoms with Crippen LogP contribution >= 0.6 is 0 Å². The molecule has 5 nitrogen and oxygen atoms in total. The quantitative estimate of drug-likeness (QED) is 0.598. The molecule has 0 fully saturated rings. The Balaban J connectivity index is 4.00. The van der Waals surface area contributed by atoms with Gasteiger partial charge in [-0.1, -0.05) is 6.08 Å². The summed E-state index contributed by atoms with van der Waals surface area (Å²) >= 11 is 0. The first-order valence-corrected chi connectivity index (χ1v) is 5.51. The number of hydrogen-bond acceptors (Lipinski definition) is 3. The summed E-state index contributed by atoms with van der Waals surface area (Å²) in [4.78, 5) is 11.0. The molecule has 0 aliphatic rings. The van der Waals surface area contributed by atoms with Crippen molar-refractivity contribution in [2.75, 3.05) is 26.4 Å². The highest BCUT2D eigenvalue weighted by Gasteiger charge is 2.13. The van der Waals surface area contributed by atoms with Gasteiger partial charge in [-0.15, -0.1) is 6.58 Å². The van der Waals surface area contributed by atoms with Crippen molar-refractivity contribution in [3.8, 4) is 0 Å². The van der Waals surface area contributed by atoms with Gasteiger partial charge in [-0.25, -0.2) is 8.42 Å². The van der Waals surface area contributed by atoms with E-state index in [0.29, 0.717) is 6.54 Å². The number of sulfonamides is 1. The Morgan fingerprint density at radius 1 is 1.62 bits per heavy atom. The standard InChI is InChI=1S/C7H14N2O3S/c1-4-5-8-7(10)6-9(2)13(3,11)12/h4H,1,5-6H2,2-3H3,(H,8,10). The zero-order valence-corrected chi connectivity index (χ0v) is 8.60. The second-order valence-corrected chi connectivity index (χ2v) is 4.70. The molecule has 13 heavy (non-hydrogen) atoms. The van der Waals surface area contributed by atoms with Crippen LogP contribution in [0.3, 0.4) is 0 Å². The molecule has 76 valence electrons. The third-order valence-corrected chi connectivity index (χ3v) is 2.64. The number of hydrogen-bond donors (Lipinski definition) is 1. The highest BCUT2D eigenvalue weighted by atomic mass is 32.2. The number of carbonyl (C=O) groups is 1. The Kier molecular flexibility index (Phi) is 4.64. The van der Waals surface area contributed by atoms with E-state index in [1.807, 2.05) is 0 Å². The Morgan fingerprint density at radius 2 is 2.15 bits per heavy atom. The number of carbonyl (C=O) groups excluding carboxylic acids is 1. The summed E-state index contributed by atoms with van der Waals surface area (Å²) < 4.78 is 22.7. The zero-order valence-electron chi connectivity index (χ0n) is 7.78. The maximum atomic E-state index is 11.0. The molecule has 1 amide bonds. The molecule has 0 atom stereocenters. The van der Waals surface area contributed by atoms with Gasteiger partial charge in [0.1, 0.15) is 0 Å². The van der Waals surface area contributed by atoms with E-state index in [4.69, 9.17) is 0 Å².